The van der Waals surface area contributed by atoms with Crippen LogP contribution in [-0.2, 0) is 0 Å². The van der Waals surface area contributed by atoms with E-state index in [2.05, 4.69) is 5.32 Å². The number of aryl methyl sites for hydroxylation is 1. The minimum Gasteiger partial charge on any atom is -0.454 e. The number of benzene rings is 2. The fourth-order valence-corrected chi connectivity index (χ4v) is 2.09. The first-order valence-corrected chi connectivity index (χ1v) is 6.31. The molecule has 0 fully saturated rings. The van der Waals surface area contributed by atoms with E-state index >= 15 is 0 Å². The molecule has 0 bridgehead atoms. The number of amides is 1. The Bertz CT molecular complexity index is 731. The maximum atomic E-state index is 13.3. The number of carbonyl (C=O) groups is 1. The molecule has 0 aromatic heterocycles. The number of hydrogen-bond donors (Lipinski definition) is 2. The van der Waals surface area contributed by atoms with Crippen molar-refractivity contribution in [1.29, 1.82) is 0 Å². The van der Waals surface area contributed by atoms with Crippen LogP contribution < -0.4 is 20.5 Å². The van der Waals surface area contributed by atoms with Gasteiger partial charge in [0, 0.05) is 17.7 Å². The Morgan fingerprint density at radius 1 is 1.24 bits per heavy atom. The Hall–Kier alpha value is -2.76. The number of halogens is 1. The third-order valence-electron chi connectivity index (χ3n) is 3.24. The number of carbonyl (C=O) groups excluding carboxylic acids is 1. The highest BCUT2D eigenvalue weighted by molar-refractivity contribution is 6.06. The van der Waals surface area contributed by atoms with Gasteiger partial charge in [0.2, 0.25) is 6.79 Å². The highest BCUT2D eigenvalue weighted by Gasteiger charge is 2.18. The number of nitrogens with one attached hydrogen (secondary N) is 1. The predicted octanol–water partition coefficient (Wildman–Crippen LogP) is 2.70. The molecule has 2 aromatic rings. The molecule has 5 nitrogen and oxygen atoms in total. The molecule has 0 spiro atoms. The first-order chi connectivity index (χ1) is 10.0. The number of anilines is 2. The molecule has 0 aliphatic carbocycles. The lowest BCUT2D eigenvalue weighted by molar-refractivity contribution is 0.102. The van der Waals surface area contributed by atoms with Gasteiger partial charge in [-0.3, -0.25) is 4.79 Å². The van der Waals surface area contributed by atoms with Crippen molar-refractivity contribution in [2.24, 2.45) is 0 Å². The fraction of sp³-hybridized carbons (Fsp3) is 0.133. The van der Waals surface area contributed by atoms with Crippen molar-refractivity contribution in [2.45, 2.75) is 6.92 Å². The van der Waals surface area contributed by atoms with Gasteiger partial charge in [0.1, 0.15) is 5.82 Å². The van der Waals surface area contributed by atoms with E-state index in [9.17, 15) is 9.18 Å². The van der Waals surface area contributed by atoms with Crippen molar-refractivity contribution in [3.05, 3.63) is 47.3 Å². The van der Waals surface area contributed by atoms with E-state index in [1.807, 2.05) is 0 Å². The largest absolute Gasteiger partial charge is 0.454 e. The van der Waals surface area contributed by atoms with E-state index in [1.165, 1.54) is 12.1 Å². The highest BCUT2D eigenvalue weighted by Crippen LogP contribution is 2.38. The second kappa shape index (κ2) is 4.97. The summed E-state index contributed by atoms with van der Waals surface area (Å²) < 4.78 is 23.7. The average Bonchev–Trinajstić information content (AvgIpc) is 2.88. The van der Waals surface area contributed by atoms with E-state index in [1.54, 1.807) is 25.1 Å². The number of ether oxygens (including phenoxy) is 2. The van der Waals surface area contributed by atoms with Gasteiger partial charge in [0.05, 0.1) is 11.4 Å². The summed E-state index contributed by atoms with van der Waals surface area (Å²) in [4.78, 5) is 12.2. The molecule has 2 aromatic carbocycles. The minimum atomic E-state index is -0.468. The Labute approximate surface area is 120 Å². The smallest absolute Gasteiger partial charge is 0.256 e. The van der Waals surface area contributed by atoms with Gasteiger partial charge in [-0.25, -0.2) is 4.39 Å². The van der Waals surface area contributed by atoms with Crippen LogP contribution in [-0.4, -0.2) is 12.7 Å². The molecule has 3 rings (SSSR count). The summed E-state index contributed by atoms with van der Waals surface area (Å²) in [5.74, 6) is 0.143. The van der Waals surface area contributed by atoms with Gasteiger partial charge in [0.25, 0.3) is 5.91 Å². The van der Waals surface area contributed by atoms with Crippen molar-refractivity contribution in [1.82, 2.24) is 0 Å². The van der Waals surface area contributed by atoms with Crippen LogP contribution in [0.3, 0.4) is 0 Å². The molecule has 1 amide bonds. The van der Waals surface area contributed by atoms with Gasteiger partial charge in [0.15, 0.2) is 11.5 Å². The summed E-state index contributed by atoms with van der Waals surface area (Å²) in [6.07, 6.45) is 0. The summed E-state index contributed by atoms with van der Waals surface area (Å²) in [5, 5.41) is 2.66. The van der Waals surface area contributed by atoms with E-state index in [0.717, 1.165) is 0 Å². The molecule has 1 aliphatic heterocycles. The second-order valence-electron chi connectivity index (χ2n) is 4.71. The zero-order valence-electron chi connectivity index (χ0n) is 11.3. The summed E-state index contributed by atoms with van der Waals surface area (Å²) in [5.41, 5.74) is 7.54. The number of fused-ring (bicyclic) bond motifs is 1. The van der Waals surface area contributed by atoms with Crippen LogP contribution in [0.5, 0.6) is 11.5 Å². The lowest BCUT2D eigenvalue weighted by Gasteiger charge is -2.11. The molecule has 0 saturated carbocycles. The first kappa shape index (κ1) is 13.2. The molecule has 0 radical (unpaired) electrons. The van der Waals surface area contributed by atoms with Gasteiger partial charge in [-0.05, 0) is 24.6 Å². The van der Waals surface area contributed by atoms with Crippen molar-refractivity contribution >= 4 is 17.3 Å². The molecule has 21 heavy (non-hydrogen) atoms. The third-order valence-corrected chi connectivity index (χ3v) is 3.24. The molecular weight excluding hydrogens is 275 g/mol. The quantitative estimate of drug-likeness (QED) is 0.833. The van der Waals surface area contributed by atoms with Crippen molar-refractivity contribution in [3.8, 4) is 11.5 Å². The van der Waals surface area contributed by atoms with Crippen LogP contribution in [0.1, 0.15) is 15.9 Å². The van der Waals surface area contributed by atoms with Crippen molar-refractivity contribution in [2.75, 3.05) is 17.8 Å². The Morgan fingerprint density at radius 2 is 1.95 bits per heavy atom. The van der Waals surface area contributed by atoms with E-state index in [4.69, 9.17) is 15.2 Å². The zero-order chi connectivity index (χ0) is 15.0. The summed E-state index contributed by atoms with van der Waals surface area (Å²) in [7, 11) is 0. The van der Waals surface area contributed by atoms with E-state index < -0.39 is 11.7 Å². The Kier molecular flexibility index (Phi) is 3.13. The summed E-state index contributed by atoms with van der Waals surface area (Å²) in [6, 6.07) is 7.21. The second-order valence-corrected chi connectivity index (χ2v) is 4.71. The molecule has 0 saturated heterocycles. The summed E-state index contributed by atoms with van der Waals surface area (Å²) in [6.45, 7) is 1.85. The monoisotopic (exact) mass is 288 g/mol. The fourth-order valence-electron chi connectivity index (χ4n) is 2.09. The van der Waals surface area contributed by atoms with Crippen LogP contribution in [0.25, 0.3) is 0 Å². The molecule has 0 unspecified atom stereocenters. The van der Waals surface area contributed by atoms with E-state index in [-0.39, 0.29) is 12.4 Å². The number of nitrogen functional groups attached to an aromatic ring is 1. The standard InChI is InChI=1S/C15H13FN2O3/c1-8-2-3-9(16)4-10(8)15(19)18-12-6-14-13(5-11(12)17)20-7-21-14/h2-6H,7,17H2,1H3,(H,18,19). The van der Waals surface area contributed by atoms with E-state index in [0.29, 0.717) is 28.4 Å². The van der Waals surface area contributed by atoms with Crippen LogP contribution >= 0.6 is 0 Å². The van der Waals surface area contributed by atoms with Gasteiger partial charge in [-0.1, -0.05) is 6.07 Å². The van der Waals surface area contributed by atoms with Gasteiger partial charge < -0.3 is 20.5 Å². The van der Waals surface area contributed by atoms with Gasteiger partial charge in [-0.2, -0.15) is 0 Å². The van der Waals surface area contributed by atoms with Gasteiger partial charge >= 0.3 is 0 Å². The maximum absolute atomic E-state index is 13.3. The number of nitrogens with two attached hydrogens (primary N) is 1. The highest BCUT2D eigenvalue weighted by atomic mass is 19.1. The molecule has 6 heteroatoms. The van der Waals surface area contributed by atoms with Crippen molar-refractivity contribution < 1.29 is 18.7 Å². The van der Waals surface area contributed by atoms with Crippen LogP contribution in [0.15, 0.2) is 30.3 Å². The molecular formula is C15H13FN2O3. The lowest BCUT2D eigenvalue weighted by Crippen LogP contribution is -2.14. The average molecular weight is 288 g/mol. The summed E-state index contributed by atoms with van der Waals surface area (Å²) >= 11 is 0. The van der Waals surface area contributed by atoms with Crippen LogP contribution in [0.2, 0.25) is 0 Å². The molecule has 1 heterocycles. The molecule has 108 valence electrons. The van der Waals surface area contributed by atoms with Gasteiger partial charge in [-0.15, -0.1) is 0 Å². The molecule has 3 N–H and O–H groups in total. The van der Waals surface area contributed by atoms with Crippen molar-refractivity contribution in [3.63, 3.8) is 0 Å². The molecule has 0 atom stereocenters. The zero-order valence-corrected chi connectivity index (χ0v) is 11.3. The van der Waals surface area contributed by atoms with Crippen LogP contribution in [0, 0.1) is 12.7 Å². The first-order valence-electron chi connectivity index (χ1n) is 6.31. The number of hydrogen-bond acceptors (Lipinski definition) is 4. The topological polar surface area (TPSA) is 73.6 Å². The third kappa shape index (κ3) is 2.47. The maximum Gasteiger partial charge on any atom is 0.256 e. The number of rotatable bonds is 2. The molecule has 1 aliphatic rings. The minimum absolute atomic E-state index is 0.120. The SMILES string of the molecule is Cc1ccc(F)cc1C(=O)Nc1cc2c(cc1N)OCO2. The lowest BCUT2D eigenvalue weighted by atomic mass is 10.1. The van der Waals surface area contributed by atoms with Crippen LogP contribution in [0.4, 0.5) is 15.8 Å². The normalized spacial score (nSPS) is 12.3. The Balaban J connectivity index is 1.90. The Morgan fingerprint density at radius 3 is 2.71 bits per heavy atom. The predicted molar refractivity (Wildman–Crippen MR) is 76.1 cm³/mol.